The number of ether oxygens (including phenoxy) is 2. The number of hydrogen-bond donors (Lipinski definition) is 1. The highest BCUT2D eigenvalue weighted by Gasteiger charge is 2.12. The van der Waals surface area contributed by atoms with E-state index in [0.717, 1.165) is 0 Å². The molecule has 2 amide bonds. The van der Waals surface area contributed by atoms with E-state index < -0.39 is 6.10 Å². The van der Waals surface area contributed by atoms with Gasteiger partial charge >= 0.3 is 0 Å². The number of carbonyl (C=O) groups is 2. The summed E-state index contributed by atoms with van der Waals surface area (Å²) in [7, 11) is 3.34. The molecule has 1 unspecified atom stereocenters. The fourth-order valence-corrected chi connectivity index (χ4v) is 1.48. The van der Waals surface area contributed by atoms with Gasteiger partial charge in [-0.05, 0) is 38.1 Å². The molecular formula is C15H22N2O4. The summed E-state index contributed by atoms with van der Waals surface area (Å²) in [6.07, 6.45) is -0.497. The van der Waals surface area contributed by atoms with E-state index in [-0.39, 0.29) is 18.4 Å². The molecule has 0 bridgehead atoms. The summed E-state index contributed by atoms with van der Waals surface area (Å²) in [4.78, 5) is 24.6. The Morgan fingerprint density at radius 1 is 1.24 bits per heavy atom. The summed E-state index contributed by atoms with van der Waals surface area (Å²) in [6, 6.07) is 6.83. The zero-order chi connectivity index (χ0) is 15.8. The van der Waals surface area contributed by atoms with Crippen LogP contribution >= 0.6 is 0 Å². The van der Waals surface area contributed by atoms with Crippen LogP contribution in [0.5, 0.6) is 5.75 Å². The van der Waals surface area contributed by atoms with E-state index in [1.807, 2.05) is 6.92 Å². The molecule has 0 radical (unpaired) electrons. The van der Waals surface area contributed by atoms with E-state index in [0.29, 0.717) is 18.0 Å². The molecule has 0 saturated heterocycles. The third-order valence-corrected chi connectivity index (χ3v) is 2.77. The van der Waals surface area contributed by atoms with Gasteiger partial charge in [0.25, 0.3) is 11.8 Å². The summed E-state index contributed by atoms with van der Waals surface area (Å²) in [5, 5.41) is 2.74. The summed E-state index contributed by atoms with van der Waals surface area (Å²) >= 11 is 0. The molecule has 0 fully saturated rings. The van der Waals surface area contributed by atoms with Crippen LogP contribution in [-0.4, -0.2) is 50.1 Å². The van der Waals surface area contributed by atoms with Crippen molar-refractivity contribution in [3.8, 4) is 5.75 Å². The van der Waals surface area contributed by atoms with E-state index in [1.54, 1.807) is 45.3 Å². The average Bonchev–Trinajstić information content (AvgIpc) is 2.46. The first-order chi connectivity index (χ1) is 9.93. The number of anilines is 1. The Hall–Kier alpha value is -2.08. The summed E-state index contributed by atoms with van der Waals surface area (Å²) in [5.74, 6) is 0.257. The largest absolute Gasteiger partial charge is 0.484 e. The van der Waals surface area contributed by atoms with Gasteiger partial charge in [-0.15, -0.1) is 0 Å². The third kappa shape index (κ3) is 5.83. The molecule has 116 valence electrons. The molecular weight excluding hydrogens is 272 g/mol. The van der Waals surface area contributed by atoms with Gasteiger partial charge in [0.1, 0.15) is 11.9 Å². The second kappa shape index (κ2) is 8.26. The zero-order valence-electron chi connectivity index (χ0n) is 12.9. The zero-order valence-corrected chi connectivity index (χ0v) is 12.9. The highest BCUT2D eigenvalue weighted by molar-refractivity contribution is 5.93. The number of carbonyl (C=O) groups excluding carboxylic acids is 2. The van der Waals surface area contributed by atoms with E-state index in [2.05, 4.69) is 5.32 Å². The Balaban J connectivity index is 2.50. The fourth-order valence-electron chi connectivity index (χ4n) is 1.48. The van der Waals surface area contributed by atoms with Crippen LogP contribution in [0.3, 0.4) is 0 Å². The molecule has 1 aromatic carbocycles. The van der Waals surface area contributed by atoms with Crippen molar-refractivity contribution in [3.05, 3.63) is 24.3 Å². The van der Waals surface area contributed by atoms with Gasteiger partial charge in [-0.2, -0.15) is 0 Å². The number of rotatable bonds is 7. The minimum atomic E-state index is -0.497. The van der Waals surface area contributed by atoms with Gasteiger partial charge in [0, 0.05) is 26.4 Å². The van der Waals surface area contributed by atoms with Crippen LogP contribution in [0.15, 0.2) is 24.3 Å². The quantitative estimate of drug-likeness (QED) is 0.828. The topological polar surface area (TPSA) is 67.9 Å². The number of nitrogens with zero attached hydrogens (tertiary/aromatic N) is 1. The van der Waals surface area contributed by atoms with Crippen molar-refractivity contribution in [2.45, 2.75) is 20.0 Å². The highest BCUT2D eigenvalue weighted by atomic mass is 16.5. The molecule has 1 aromatic rings. The second-order valence-corrected chi connectivity index (χ2v) is 4.69. The van der Waals surface area contributed by atoms with Gasteiger partial charge < -0.3 is 19.7 Å². The molecule has 0 aliphatic heterocycles. The summed E-state index contributed by atoms with van der Waals surface area (Å²) in [6.45, 7) is 4.01. The maximum atomic E-state index is 11.8. The Morgan fingerprint density at radius 3 is 2.38 bits per heavy atom. The molecule has 0 spiro atoms. The van der Waals surface area contributed by atoms with Crippen molar-refractivity contribution in [1.82, 2.24) is 4.90 Å². The van der Waals surface area contributed by atoms with Crippen LogP contribution in [0.25, 0.3) is 0 Å². The fraction of sp³-hybridized carbons (Fsp3) is 0.467. The van der Waals surface area contributed by atoms with E-state index in [1.165, 1.54) is 4.90 Å². The SMILES string of the molecule is CCOC(C)C(=O)Nc1ccc(OCC(=O)N(C)C)cc1. The molecule has 21 heavy (non-hydrogen) atoms. The van der Waals surface area contributed by atoms with Crippen LogP contribution < -0.4 is 10.1 Å². The predicted octanol–water partition coefficient (Wildman–Crippen LogP) is 1.52. The second-order valence-electron chi connectivity index (χ2n) is 4.69. The first-order valence-electron chi connectivity index (χ1n) is 6.79. The van der Waals surface area contributed by atoms with E-state index in [4.69, 9.17) is 9.47 Å². The maximum absolute atomic E-state index is 11.8. The molecule has 6 nitrogen and oxygen atoms in total. The van der Waals surface area contributed by atoms with E-state index >= 15 is 0 Å². The van der Waals surface area contributed by atoms with E-state index in [9.17, 15) is 9.59 Å². The molecule has 0 aromatic heterocycles. The van der Waals surface area contributed by atoms with Gasteiger partial charge in [-0.1, -0.05) is 0 Å². The maximum Gasteiger partial charge on any atom is 0.259 e. The minimum absolute atomic E-state index is 0.0138. The monoisotopic (exact) mass is 294 g/mol. The molecule has 0 heterocycles. The average molecular weight is 294 g/mol. The van der Waals surface area contributed by atoms with Gasteiger partial charge in [-0.3, -0.25) is 9.59 Å². The molecule has 1 N–H and O–H groups in total. The molecule has 0 saturated carbocycles. The van der Waals surface area contributed by atoms with Crippen molar-refractivity contribution >= 4 is 17.5 Å². The summed E-state index contributed by atoms with van der Waals surface area (Å²) < 4.78 is 10.6. The first-order valence-corrected chi connectivity index (χ1v) is 6.79. The normalized spacial score (nSPS) is 11.6. The molecule has 1 atom stereocenters. The van der Waals surface area contributed by atoms with Crippen molar-refractivity contribution in [2.24, 2.45) is 0 Å². The van der Waals surface area contributed by atoms with Crippen LogP contribution in [0, 0.1) is 0 Å². The highest BCUT2D eigenvalue weighted by Crippen LogP contribution is 2.16. The van der Waals surface area contributed by atoms with Crippen LogP contribution in [0.4, 0.5) is 5.69 Å². The number of amides is 2. The number of benzene rings is 1. The van der Waals surface area contributed by atoms with Crippen LogP contribution in [0.1, 0.15) is 13.8 Å². The van der Waals surface area contributed by atoms with Crippen molar-refractivity contribution in [3.63, 3.8) is 0 Å². The van der Waals surface area contributed by atoms with Crippen molar-refractivity contribution < 1.29 is 19.1 Å². The molecule has 6 heteroatoms. The Kier molecular flexibility index (Phi) is 6.68. The number of hydrogen-bond acceptors (Lipinski definition) is 4. The van der Waals surface area contributed by atoms with Crippen LogP contribution in [0.2, 0.25) is 0 Å². The lowest BCUT2D eigenvalue weighted by atomic mass is 10.3. The first kappa shape index (κ1) is 17.0. The van der Waals surface area contributed by atoms with Gasteiger partial charge in [0.15, 0.2) is 6.61 Å². The number of likely N-dealkylation sites (N-methyl/N-ethyl adjacent to an activating group) is 1. The van der Waals surface area contributed by atoms with Gasteiger partial charge in [-0.25, -0.2) is 0 Å². The lowest BCUT2D eigenvalue weighted by molar-refractivity contribution is -0.130. The van der Waals surface area contributed by atoms with Crippen molar-refractivity contribution in [2.75, 3.05) is 32.6 Å². The van der Waals surface area contributed by atoms with Crippen molar-refractivity contribution in [1.29, 1.82) is 0 Å². The lowest BCUT2D eigenvalue weighted by Crippen LogP contribution is -2.28. The predicted molar refractivity (Wildman–Crippen MR) is 80.3 cm³/mol. The smallest absolute Gasteiger partial charge is 0.259 e. The summed E-state index contributed by atoms with van der Waals surface area (Å²) in [5.41, 5.74) is 0.651. The Morgan fingerprint density at radius 2 is 1.86 bits per heavy atom. The molecule has 1 rings (SSSR count). The van der Waals surface area contributed by atoms with Crippen LogP contribution in [-0.2, 0) is 14.3 Å². The minimum Gasteiger partial charge on any atom is -0.484 e. The standard InChI is InChI=1S/C15H22N2O4/c1-5-20-11(2)15(19)16-12-6-8-13(9-7-12)21-10-14(18)17(3)4/h6-9,11H,5,10H2,1-4H3,(H,16,19). The van der Waals surface area contributed by atoms with Gasteiger partial charge in [0.05, 0.1) is 0 Å². The number of nitrogens with one attached hydrogen (secondary N) is 1. The molecule has 0 aliphatic carbocycles. The Bertz CT molecular complexity index is 471. The molecule has 0 aliphatic rings. The van der Waals surface area contributed by atoms with Gasteiger partial charge in [0.2, 0.25) is 0 Å². The Labute approximate surface area is 125 Å². The lowest BCUT2D eigenvalue weighted by Gasteiger charge is -2.13. The third-order valence-electron chi connectivity index (χ3n) is 2.77.